The van der Waals surface area contributed by atoms with Crippen LogP contribution in [-0.4, -0.2) is 32.4 Å². The molecule has 3 N–H and O–H groups in total. The lowest BCUT2D eigenvalue weighted by atomic mass is 10.1. The lowest BCUT2D eigenvalue weighted by Crippen LogP contribution is -2.18. The maximum absolute atomic E-state index is 12.3. The summed E-state index contributed by atoms with van der Waals surface area (Å²) >= 11 is 5.24. The summed E-state index contributed by atoms with van der Waals surface area (Å²) in [5.41, 5.74) is 3.61. The molecule has 0 unspecified atom stereocenters. The molecule has 146 valence electrons. The number of aromatic hydroxyl groups is 1. The number of hydrogen-bond donors (Lipinski definition) is 3. The Bertz CT molecular complexity index is 1310. The summed E-state index contributed by atoms with van der Waals surface area (Å²) in [5, 5.41) is 11.8. The number of benzene rings is 2. The van der Waals surface area contributed by atoms with Gasteiger partial charge in [-0.2, -0.15) is 0 Å². The first kappa shape index (κ1) is 18.9. The first-order valence-corrected chi connectivity index (χ1v) is 9.65. The number of aliphatic imine (C=N–C) groups is 1. The topological polar surface area (TPSA) is 86.2 Å². The molecule has 0 saturated heterocycles. The standard InChI is InChI=1S/C22H20N4O2S/c1-14-6-8-16(9-7-14)26-21(28)18(20(27)25-22(26)29)13-23-11-10-15-12-24-19-5-3-2-4-17(15)19/h2-9,12-13,24,28H,10-11H2,1H3,(H,25,27,29). The van der Waals surface area contributed by atoms with Crippen molar-refractivity contribution < 1.29 is 5.11 Å². The summed E-state index contributed by atoms with van der Waals surface area (Å²) in [6, 6.07) is 15.6. The van der Waals surface area contributed by atoms with Gasteiger partial charge in [-0.25, -0.2) is 0 Å². The average molecular weight is 404 g/mol. The number of para-hydroxylation sites is 1. The van der Waals surface area contributed by atoms with Crippen molar-refractivity contribution >= 4 is 29.3 Å². The van der Waals surface area contributed by atoms with E-state index in [0.717, 1.165) is 28.5 Å². The van der Waals surface area contributed by atoms with Crippen LogP contribution in [0.5, 0.6) is 5.88 Å². The number of hydrogen-bond acceptors (Lipinski definition) is 4. The second-order valence-corrected chi connectivity index (χ2v) is 7.20. The number of H-pyrrole nitrogens is 2. The molecule has 0 saturated carbocycles. The first-order valence-electron chi connectivity index (χ1n) is 9.25. The summed E-state index contributed by atoms with van der Waals surface area (Å²) in [6.45, 7) is 2.46. The molecule has 29 heavy (non-hydrogen) atoms. The molecule has 2 aromatic heterocycles. The zero-order valence-corrected chi connectivity index (χ0v) is 16.7. The molecule has 0 aliphatic carbocycles. The van der Waals surface area contributed by atoms with Gasteiger partial charge in [0.05, 0.1) is 5.69 Å². The smallest absolute Gasteiger partial charge is 0.264 e. The van der Waals surface area contributed by atoms with E-state index in [2.05, 4.69) is 21.0 Å². The van der Waals surface area contributed by atoms with Crippen LogP contribution in [0.1, 0.15) is 16.7 Å². The summed E-state index contributed by atoms with van der Waals surface area (Å²) in [5.74, 6) is -0.224. The van der Waals surface area contributed by atoms with E-state index >= 15 is 0 Å². The van der Waals surface area contributed by atoms with Crippen LogP contribution in [0.4, 0.5) is 0 Å². The van der Waals surface area contributed by atoms with Crippen LogP contribution < -0.4 is 5.56 Å². The molecule has 0 spiro atoms. The zero-order chi connectivity index (χ0) is 20.4. The molecule has 4 rings (SSSR count). The third-order valence-electron chi connectivity index (χ3n) is 4.82. The van der Waals surface area contributed by atoms with Crippen LogP contribution in [0.15, 0.2) is 64.5 Å². The Labute approximate surface area is 172 Å². The van der Waals surface area contributed by atoms with Crippen LogP contribution in [0.25, 0.3) is 16.6 Å². The van der Waals surface area contributed by atoms with Crippen molar-refractivity contribution in [1.29, 1.82) is 0 Å². The summed E-state index contributed by atoms with van der Waals surface area (Å²) < 4.78 is 1.56. The quantitative estimate of drug-likeness (QED) is 0.346. The SMILES string of the molecule is Cc1ccc(-n2c(O)c(C=NCCc3c[nH]c4ccccc34)c(=O)[nH]c2=S)cc1. The third-order valence-corrected chi connectivity index (χ3v) is 5.10. The van der Waals surface area contributed by atoms with E-state index < -0.39 is 5.56 Å². The van der Waals surface area contributed by atoms with Crippen molar-refractivity contribution in [3.63, 3.8) is 0 Å². The Morgan fingerprint density at radius 1 is 1.17 bits per heavy atom. The van der Waals surface area contributed by atoms with Crippen molar-refractivity contribution in [2.45, 2.75) is 13.3 Å². The Morgan fingerprint density at radius 2 is 1.93 bits per heavy atom. The average Bonchev–Trinajstić information content (AvgIpc) is 3.12. The van der Waals surface area contributed by atoms with Gasteiger partial charge in [0.1, 0.15) is 5.56 Å². The van der Waals surface area contributed by atoms with Crippen LogP contribution >= 0.6 is 12.2 Å². The molecule has 0 bridgehead atoms. The van der Waals surface area contributed by atoms with Gasteiger partial charge in [-0.15, -0.1) is 0 Å². The highest BCUT2D eigenvalue weighted by atomic mass is 32.1. The molecule has 2 heterocycles. The van der Waals surface area contributed by atoms with Crippen molar-refractivity contribution in [1.82, 2.24) is 14.5 Å². The normalized spacial score (nSPS) is 11.5. The summed E-state index contributed by atoms with van der Waals surface area (Å²) in [6.07, 6.45) is 4.10. The minimum Gasteiger partial charge on any atom is -0.494 e. The summed E-state index contributed by atoms with van der Waals surface area (Å²) in [7, 11) is 0. The molecule has 0 atom stereocenters. The number of aromatic nitrogens is 3. The third kappa shape index (κ3) is 3.77. The van der Waals surface area contributed by atoms with Crippen molar-refractivity contribution in [3.8, 4) is 11.6 Å². The first-order chi connectivity index (χ1) is 14.0. The molecule has 0 aliphatic heterocycles. The van der Waals surface area contributed by atoms with E-state index in [0.29, 0.717) is 12.2 Å². The minimum absolute atomic E-state index is 0.0816. The van der Waals surface area contributed by atoms with E-state index in [1.807, 2.05) is 55.6 Å². The predicted molar refractivity (Wildman–Crippen MR) is 118 cm³/mol. The Morgan fingerprint density at radius 3 is 2.72 bits per heavy atom. The molecule has 0 fully saturated rings. The van der Waals surface area contributed by atoms with Crippen LogP contribution in [0, 0.1) is 11.7 Å². The molecular formula is C22H20N4O2S. The van der Waals surface area contributed by atoms with Crippen LogP contribution in [0.3, 0.4) is 0 Å². The molecule has 7 heteroatoms. The van der Waals surface area contributed by atoms with Gasteiger partial charge in [-0.3, -0.25) is 19.3 Å². The second kappa shape index (κ2) is 7.89. The number of aryl methyl sites for hydroxylation is 1. The van der Waals surface area contributed by atoms with Gasteiger partial charge < -0.3 is 10.1 Å². The molecular weight excluding hydrogens is 384 g/mol. The van der Waals surface area contributed by atoms with E-state index in [-0.39, 0.29) is 16.2 Å². The number of rotatable bonds is 5. The molecule has 2 aromatic carbocycles. The molecule has 0 amide bonds. The number of fused-ring (bicyclic) bond motifs is 1. The van der Waals surface area contributed by atoms with Gasteiger partial charge in [0.2, 0.25) is 5.88 Å². The maximum Gasteiger partial charge on any atom is 0.264 e. The van der Waals surface area contributed by atoms with Gasteiger partial charge in [0.25, 0.3) is 5.56 Å². The molecule has 6 nitrogen and oxygen atoms in total. The van der Waals surface area contributed by atoms with E-state index in [1.54, 1.807) is 0 Å². The lowest BCUT2D eigenvalue weighted by Gasteiger charge is -2.11. The van der Waals surface area contributed by atoms with Crippen LogP contribution in [0.2, 0.25) is 0 Å². The highest BCUT2D eigenvalue weighted by Crippen LogP contribution is 2.20. The lowest BCUT2D eigenvalue weighted by molar-refractivity contribution is 0.432. The van der Waals surface area contributed by atoms with Gasteiger partial charge >= 0.3 is 0 Å². The number of nitrogens with one attached hydrogen (secondary N) is 2. The number of aromatic amines is 2. The fraction of sp³-hybridized carbons (Fsp3) is 0.136. The summed E-state index contributed by atoms with van der Waals surface area (Å²) in [4.78, 5) is 22.5. The fourth-order valence-corrected chi connectivity index (χ4v) is 3.55. The minimum atomic E-state index is -0.466. The predicted octanol–water partition coefficient (Wildman–Crippen LogP) is 4.05. The Hall–Kier alpha value is -3.45. The maximum atomic E-state index is 12.3. The van der Waals surface area contributed by atoms with Gasteiger partial charge in [0.15, 0.2) is 4.77 Å². The largest absolute Gasteiger partial charge is 0.494 e. The molecule has 0 radical (unpaired) electrons. The van der Waals surface area contributed by atoms with Gasteiger partial charge in [0, 0.05) is 29.9 Å². The fourth-order valence-electron chi connectivity index (χ4n) is 3.27. The Kier molecular flexibility index (Phi) is 5.14. The zero-order valence-electron chi connectivity index (χ0n) is 15.8. The highest BCUT2D eigenvalue weighted by Gasteiger charge is 2.12. The van der Waals surface area contributed by atoms with E-state index in [1.165, 1.54) is 10.8 Å². The molecule has 4 aromatic rings. The monoisotopic (exact) mass is 404 g/mol. The second-order valence-electron chi connectivity index (χ2n) is 6.81. The van der Waals surface area contributed by atoms with Gasteiger partial charge in [-0.1, -0.05) is 35.9 Å². The van der Waals surface area contributed by atoms with Gasteiger partial charge in [-0.05, 0) is 49.3 Å². The van der Waals surface area contributed by atoms with E-state index in [4.69, 9.17) is 12.2 Å². The Balaban J connectivity index is 1.60. The van der Waals surface area contributed by atoms with Crippen molar-refractivity contribution in [2.75, 3.05) is 6.54 Å². The van der Waals surface area contributed by atoms with E-state index in [9.17, 15) is 9.90 Å². The number of nitrogens with zero attached hydrogens (tertiary/aromatic N) is 2. The molecule has 0 aliphatic rings. The highest BCUT2D eigenvalue weighted by molar-refractivity contribution is 7.71. The van der Waals surface area contributed by atoms with Crippen molar-refractivity contribution in [2.24, 2.45) is 4.99 Å². The van der Waals surface area contributed by atoms with Crippen molar-refractivity contribution in [3.05, 3.63) is 86.5 Å². The van der Waals surface area contributed by atoms with Crippen LogP contribution in [-0.2, 0) is 6.42 Å².